The summed E-state index contributed by atoms with van der Waals surface area (Å²) in [5, 5.41) is 0. The molecule has 1 aromatic heterocycles. The van der Waals surface area contributed by atoms with Gasteiger partial charge in [0.2, 0.25) is 0 Å². The fourth-order valence-electron chi connectivity index (χ4n) is 2.64. The summed E-state index contributed by atoms with van der Waals surface area (Å²) in [5.41, 5.74) is 3.68. The van der Waals surface area contributed by atoms with Crippen LogP contribution in [0.25, 0.3) is 0 Å². The van der Waals surface area contributed by atoms with E-state index in [9.17, 15) is 4.79 Å². The highest BCUT2D eigenvalue weighted by Gasteiger charge is 2.12. The molecule has 3 rings (SSSR count). The van der Waals surface area contributed by atoms with Crippen molar-refractivity contribution in [3.8, 4) is 5.75 Å². The van der Waals surface area contributed by atoms with Crippen LogP contribution in [0.15, 0.2) is 42.7 Å². The van der Waals surface area contributed by atoms with Crippen LogP contribution in [0.5, 0.6) is 5.75 Å². The molecule has 1 aliphatic rings. The predicted molar refractivity (Wildman–Crippen MR) is 81.5 cm³/mol. The van der Waals surface area contributed by atoms with E-state index in [4.69, 9.17) is 4.74 Å². The number of ketones is 1. The minimum Gasteiger partial charge on any atom is -0.493 e. The van der Waals surface area contributed by atoms with E-state index in [-0.39, 0.29) is 0 Å². The number of aromatic nitrogens is 1. The van der Waals surface area contributed by atoms with Gasteiger partial charge >= 0.3 is 0 Å². The molecule has 108 valence electrons. The summed E-state index contributed by atoms with van der Waals surface area (Å²) in [5.74, 6) is 1.33. The molecule has 0 unspecified atom stereocenters. The van der Waals surface area contributed by atoms with Gasteiger partial charge < -0.3 is 4.74 Å². The van der Waals surface area contributed by atoms with Crippen LogP contribution in [0.1, 0.15) is 29.5 Å². The smallest absolute Gasteiger partial charge is 0.133 e. The molecule has 2 aromatic rings. The van der Waals surface area contributed by atoms with Crippen molar-refractivity contribution in [2.75, 3.05) is 6.61 Å². The number of rotatable bonds is 6. The molecule has 3 nitrogen and oxygen atoms in total. The Hall–Kier alpha value is -2.16. The van der Waals surface area contributed by atoms with Gasteiger partial charge in [0.1, 0.15) is 11.5 Å². The monoisotopic (exact) mass is 281 g/mol. The number of carbonyl (C=O) groups is 1. The third-order valence-electron chi connectivity index (χ3n) is 3.89. The number of Topliss-reactive ketones (excluding diaryl/α,β-unsaturated/α-hetero) is 1. The van der Waals surface area contributed by atoms with E-state index in [1.807, 2.05) is 18.2 Å². The van der Waals surface area contributed by atoms with Gasteiger partial charge in [-0.3, -0.25) is 9.78 Å². The van der Waals surface area contributed by atoms with Crippen molar-refractivity contribution >= 4 is 5.78 Å². The quantitative estimate of drug-likeness (QED) is 0.816. The van der Waals surface area contributed by atoms with Gasteiger partial charge in [0.15, 0.2) is 0 Å². The minimum atomic E-state index is 0.323. The fourth-order valence-corrected chi connectivity index (χ4v) is 2.64. The molecule has 0 amide bonds. The average Bonchev–Trinajstić information content (AvgIpc) is 2.99. The first-order valence-electron chi connectivity index (χ1n) is 7.46. The molecule has 3 heteroatoms. The maximum Gasteiger partial charge on any atom is 0.133 e. The maximum atomic E-state index is 12.0. The summed E-state index contributed by atoms with van der Waals surface area (Å²) in [6.07, 6.45) is 7.38. The number of ether oxygens (including phenoxy) is 1. The second kappa shape index (κ2) is 6.53. The largest absolute Gasteiger partial charge is 0.493 e. The van der Waals surface area contributed by atoms with Crippen LogP contribution < -0.4 is 4.74 Å². The fraction of sp³-hybridized carbons (Fsp3) is 0.333. The molecule has 0 N–H and O–H groups in total. The number of benzene rings is 1. The first-order chi connectivity index (χ1) is 10.3. The van der Waals surface area contributed by atoms with Gasteiger partial charge in [-0.1, -0.05) is 12.1 Å². The zero-order chi connectivity index (χ0) is 14.5. The molecule has 2 heterocycles. The highest BCUT2D eigenvalue weighted by atomic mass is 16.5. The molecule has 0 fully saturated rings. The van der Waals surface area contributed by atoms with Crippen LogP contribution >= 0.6 is 0 Å². The summed E-state index contributed by atoms with van der Waals surface area (Å²) in [6, 6.07) is 10.2. The Kier molecular flexibility index (Phi) is 4.29. The van der Waals surface area contributed by atoms with Crippen LogP contribution in [0, 0.1) is 0 Å². The number of pyridine rings is 1. The lowest BCUT2D eigenvalue weighted by Crippen LogP contribution is -2.02. The molecule has 0 radical (unpaired) electrons. The van der Waals surface area contributed by atoms with Gasteiger partial charge in [-0.15, -0.1) is 0 Å². The number of nitrogens with zero attached hydrogens (tertiary/aromatic N) is 1. The maximum absolute atomic E-state index is 12.0. The van der Waals surface area contributed by atoms with E-state index in [0.717, 1.165) is 31.6 Å². The predicted octanol–water partition coefficient (Wildman–Crippen LogP) is 3.15. The van der Waals surface area contributed by atoms with Crippen LogP contribution in [-0.4, -0.2) is 17.4 Å². The third kappa shape index (κ3) is 3.69. The van der Waals surface area contributed by atoms with Crippen LogP contribution in [0.3, 0.4) is 0 Å². The van der Waals surface area contributed by atoms with Gasteiger partial charge in [-0.05, 0) is 47.7 Å². The Labute approximate surface area is 125 Å². The van der Waals surface area contributed by atoms with Gasteiger partial charge in [-0.2, -0.15) is 0 Å². The van der Waals surface area contributed by atoms with E-state index in [0.29, 0.717) is 18.6 Å². The van der Waals surface area contributed by atoms with Gasteiger partial charge in [0.25, 0.3) is 0 Å². The molecule has 1 aliphatic heterocycles. The molecule has 0 saturated heterocycles. The SMILES string of the molecule is O=C(CCc1ccncc1)CCc1ccc2c(c1)CCO2. The van der Waals surface area contributed by atoms with Gasteiger partial charge in [0.05, 0.1) is 6.61 Å². The highest BCUT2D eigenvalue weighted by molar-refractivity contribution is 5.78. The zero-order valence-corrected chi connectivity index (χ0v) is 12.0. The number of aryl methyl sites for hydroxylation is 2. The second-order valence-corrected chi connectivity index (χ2v) is 5.43. The topological polar surface area (TPSA) is 39.2 Å². The van der Waals surface area contributed by atoms with Crippen LogP contribution in [0.2, 0.25) is 0 Å². The molecule has 0 saturated carbocycles. The van der Waals surface area contributed by atoms with Crippen molar-refractivity contribution in [2.24, 2.45) is 0 Å². The molecule has 0 atom stereocenters. The number of hydrogen-bond acceptors (Lipinski definition) is 3. The Morgan fingerprint density at radius 2 is 1.81 bits per heavy atom. The van der Waals surface area contributed by atoms with Crippen LogP contribution in [0.4, 0.5) is 0 Å². The number of hydrogen-bond donors (Lipinski definition) is 0. The lowest BCUT2D eigenvalue weighted by atomic mass is 10.0. The van der Waals surface area contributed by atoms with Crippen molar-refractivity contribution in [3.05, 3.63) is 59.4 Å². The standard InChI is InChI=1S/C18H19NO2/c20-17(4-1-14-7-10-19-11-8-14)5-2-15-3-6-18-16(13-15)9-12-21-18/h3,6-8,10-11,13H,1-2,4-5,9,12H2. The van der Waals surface area contributed by atoms with E-state index < -0.39 is 0 Å². The average molecular weight is 281 g/mol. The molecule has 0 aliphatic carbocycles. The summed E-state index contributed by atoms with van der Waals surface area (Å²) < 4.78 is 5.49. The normalized spacial score (nSPS) is 12.8. The molecule has 0 spiro atoms. The second-order valence-electron chi connectivity index (χ2n) is 5.43. The van der Waals surface area contributed by atoms with E-state index in [1.165, 1.54) is 16.7 Å². The molecular formula is C18H19NO2. The lowest BCUT2D eigenvalue weighted by molar-refractivity contribution is -0.119. The highest BCUT2D eigenvalue weighted by Crippen LogP contribution is 2.26. The molecular weight excluding hydrogens is 262 g/mol. The summed E-state index contributed by atoms with van der Waals surface area (Å²) in [6.45, 7) is 0.781. The Balaban J connectivity index is 1.47. The van der Waals surface area contributed by atoms with Crippen LogP contribution in [-0.2, 0) is 24.1 Å². The van der Waals surface area contributed by atoms with Crippen molar-refractivity contribution in [1.29, 1.82) is 0 Å². The summed E-state index contributed by atoms with van der Waals surface area (Å²) >= 11 is 0. The minimum absolute atomic E-state index is 0.323. The Bertz CT molecular complexity index is 622. The van der Waals surface area contributed by atoms with E-state index in [1.54, 1.807) is 12.4 Å². The van der Waals surface area contributed by atoms with Gasteiger partial charge in [0, 0.05) is 31.7 Å². The van der Waals surface area contributed by atoms with Crippen molar-refractivity contribution in [3.63, 3.8) is 0 Å². The summed E-state index contributed by atoms with van der Waals surface area (Å²) in [7, 11) is 0. The number of fused-ring (bicyclic) bond motifs is 1. The van der Waals surface area contributed by atoms with Gasteiger partial charge in [-0.25, -0.2) is 0 Å². The zero-order valence-electron chi connectivity index (χ0n) is 12.0. The molecule has 1 aromatic carbocycles. The Morgan fingerprint density at radius 3 is 2.62 bits per heavy atom. The Morgan fingerprint density at radius 1 is 1.05 bits per heavy atom. The van der Waals surface area contributed by atoms with Crippen molar-refractivity contribution in [2.45, 2.75) is 32.1 Å². The first kappa shape index (κ1) is 13.8. The first-order valence-corrected chi connectivity index (χ1v) is 7.46. The summed E-state index contributed by atoms with van der Waals surface area (Å²) in [4.78, 5) is 16.0. The molecule has 0 bridgehead atoms. The van der Waals surface area contributed by atoms with Crippen molar-refractivity contribution < 1.29 is 9.53 Å². The number of carbonyl (C=O) groups excluding carboxylic acids is 1. The van der Waals surface area contributed by atoms with E-state index >= 15 is 0 Å². The van der Waals surface area contributed by atoms with E-state index in [2.05, 4.69) is 17.1 Å². The lowest BCUT2D eigenvalue weighted by Gasteiger charge is -2.04. The third-order valence-corrected chi connectivity index (χ3v) is 3.89. The molecule has 21 heavy (non-hydrogen) atoms. The van der Waals surface area contributed by atoms with Crippen molar-refractivity contribution in [1.82, 2.24) is 4.98 Å².